The van der Waals surface area contributed by atoms with Gasteiger partial charge >= 0.3 is 0 Å². The molecule has 1 fully saturated rings. The number of H-pyrrole nitrogens is 1. The van der Waals surface area contributed by atoms with Gasteiger partial charge in [-0.15, -0.1) is 0 Å². The minimum Gasteiger partial charge on any atom is -0.341 e. The lowest BCUT2D eigenvalue weighted by atomic mass is 9.80. The Morgan fingerprint density at radius 1 is 1.26 bits per heavy atom. The summed E-state index contributed by atoms with van der Waals surface area (Å²) >= 11 is 0. The molecule has 1 aliphatic rings. The van der Waals surface area contributed by atoms with Crippen LogP contribution in [0.1, 0.15) is 36.7 Å². The van der Waals surface area contributed by atoms with E-state index in [9.17, 15) is 9.59 Å². The molecular weight excluding hydrogens is 396 g/mol. The normalized spacial score (nSPS) is 18.7. The van der Waals surface area contributed by atoms with Crippen LogP contribution in [-0.4, -0.2) is 50.3 Å². The fraction of sp³-hybridized carbons (Fsp3) is 0.409. The Bertz CT molecular complexity index is 1100. The average molecular weight is 422 g/mol. The van der Waals surface area contributed by atoms with Crippen LogP contribution < -0.4 is 5.32 Å². The molecule has 0 radical (unpaired) electrons. The monoisotopic (exact) mass is 422 g/mol. The largest absolute Gasteiger partial charge is 0.341 e. The van der Waals surface area contributed by atoms with Gasteiger partial charge in [0.2, 0.25) is 11.8 Å². The Morgan fingerprint density at radius 3 is 2.81 bits per heavy atom. The molecule has 162 valence electrons. The van der Waals surface area contributed by atoms with Crippen molar-refractivity contribution in [1.82, 2.24) is 25.4 Å². The van der Waals surface area contributed by atoms with E-state index in [4.69, 9.17) is 0 Å². The number of hydrogen-bond acceptors (Lipinski definition) is 6. The standard InChI is InChI=1S/C22H26N6O3/c1-14-7-4-5-8-16(14)18-11-19(25-24-18)23-21(30)22(3)9-6-10-28(13-22)20(29)12-17-15(2)26-31-27-17/h4-5,7-8,11H,6,9-10,12-13H2,1-3H3,(H2,23,24,25,30). The van der Waals surface area contributed by atoms with Crippen LogP contribution in [0.5, 0.6) is 0 Å². The maximum Gasteiger partial charge on any atom is 0.233 e. The SMILES string of the molecule is Cc1ccccc1-c1cc(NC(=O)C2(C)CCCN(C(=O)Cc3nonc3C)C2)n[nH]1. The summed E-state index contributed by atoms with van der Waals surface area (Å²) in [5.74, 6) is 0.239. The number of aryl methyl sites for hydroxylation is 2. The smallest absolute Gasteiger partial charge is 0.233 e. The van der Waals surface area contributed by atoms with Crippen LogP contribution in [0.25, 0.3) is 11.3 Å². The minimum absolute atomic E-state index is 0.0841. The zero-order chi connectivity index (χ0) is 22.0. The van der Waals surface area contributed by atoms with Gasteiger partial charge in [-0.05, 0) is 39.2 Å². The van der Waals surface area contributed by atoms with Gasteiger partial charge in [-0.1, -0.05) is 34.6 Å². The number of amides is 2. The van der Waals surface area contributed by atoms with Crippen molar-refractivity contribution in [2.24, 2.45) is 5.41 Å². The molecule has 0 aliphatic carbocycles. The fourth-order valence-electron chi connectivity index (χ4n) is 3.97. The Labute approximate surface area is 180 Å². The van der Waals surface area contributed by atoms with Crippen molar-refractivity contribution in [1.29, 1.82) is 0 Å². The molecule has 3 heterocycles. The number of likely N-dealkylation sites (tertiary alicyclic amines) is 1. The molecular formula is C22H26N6O3. The van der Waals surface area contributed by atoms with Crippen LogP contribution in [0.3, 0.4) is 0 Å². The van der Waals surface area contributed by atoms with Crippen LogP contribution in [0, 0.1) is 19.3 Å². The summed E-state index contributed by atoms with van der Waals surface area (Å²) in [5.41, 5.74) is 3.43. The van der Waals surface area contributed by atoms with Gasteiger partial charge in [-0.25, -0.2) is 4.63 Å². The molecule has 0 saturated carbocycles. The molecule has 0 spiro atoms. The number of carbonyl (C=O) groups excluding carboxylic acids is 2. The molecule has 3 aromatic rings. The van der Waals surface area contributed by atoms with E-state index < -0.39 is 5.41 Å². The Morgan fingerprint density at radius 2 is 2.06 bits per heavy atom. The number of nitrogens with zero attached hydrogens (tertiary/aromatic N) is 4. The van der Waals surface area contributed by atoms with Crippen molar-refractivity contribution in [3.8, 4) is 11.3 Å². The first-order valence-corrected chi connectivity index (χ1v) is 10.3. The Balaban J connectivity index is 1.42. The first-order chi connectivity index (χ1) is 14.9. The predicted octanol–water partition coefficient (Wildman–Crippen LogP) is 2.89. The summed E-state index contributed by atoms with van der Waals surface area (Å²) in [6.45, 7) is 6.63. The summed E-state index contributed by atoms with van der Waals surface area (Å²) < 4.78 is 4.68. The molecule has 1 atom stereocenters. The van der Waals surface area contributed by atoms with Crippen molar-refractivity contribution in [3.05, 3.63) is 47.3 Å². The molecule has 1 unspecified atom stereocenters. The van der Waals surface area contributed by atoms with Crippen LogP contribution in [0.15, 0.2) is 35.0 Å². The first kappa shape index (κ1) is 20.8. The molecule has 1 aromatic carbocycles. The van der Waals surface area contributed by atoms with Crippen LogP contribution in [0.4, 0.5) is 5.82 Å². The van der Waals surface area contributed by atoms with E-state index in [2.05, 4.69) is 30.5 Å². The van der Waals surface area contributed by atoms with Gasteiger partial charge in [0.15, 0.2) is 5.82 Å². The van der Waals surface area contributed by atoms with Crippen molar-refractivity contribution in [2.75, 3.05) is 18.4 Å². The van der Waals surface area contributed by atoms with Crippen molar-refractivity contribution < 1.29 is 14.2 Å². The van der Waals surface area contributed by atoms with Gasteiger partial charge in [-0.2, -0.15) is 5.10 Å². The zero-order valence-electron chi connectivity index (χ0n) is 17.9. The zero-order valence-corrected chi connectivity index (χ0v) is 17.9. The highest BCUT2D eigenvalue weighted by Crippen LogP contribution is 2.32. The Kier molecular flexibility index (Phi) is 5.58. The number of nitrogens with one attached hydrogen (secondary N) is 2. The van der Waals surface area contributed by atoms with Crippen molar-refractivity contribution in [2.45, 2.75) is 40.0 Å². The maximum absolute atomic E-state index is 13.1. The highest BCUT2D eigenvalue weighted by atomic mass is 16.6. The number of benzene rings is 1. The van der Waals surface area contributed by atoms with Crippen molar-refractivity contribution in [3.63, 3.8) is 0 Å². The minimum atomic E-state index is -0.702. The van der Waals surface area contributed by atoms with Crippen LogP contribution >= 0.6 is 0 Å². The Hall–Kier alpha value is -3.49. The van der Waals surface area contributed by atoms with E-state index in [0.29, 0.717) is 36.7 Å². The number of aromatic nitrogens is 4. The second-order valence-electron chi connectivity index (χ2n) is 8.39. The van der Waals surface area contributed by atoms with E-state index in [1.165, 1.54) is 0 Å². The first-order valence-electron chi connectivity index (χ1n) is 10.3. The molecule has 9 heteroatoms. The lowest BCUT2D eigenvalue weighted by Crippen LogP contribution is -2.50. The second kappa shape index (κ2) is 8.33. The molecule has 9 nitrogen and oxygen atoms in total. The summed E-state index contributed by atoms with van der Waals surface area (Å²) in [6.07, 6.45) is 1.56. The van der Waals surface area contributed by atoms with E-state index in [0.717, 1.165) is 23.2 Å². The van der Waals surface area contributed by atoms with E-state index in [1.807, 2.05) is 44.2 Å². The predicted molar refractivity (Wildman–Crippen MR) is 114 cm³/mol. The molecule has 2 amide bonds. The van der Waals surface area contributed by atoms with Crippen molar-refractivity contribution >= 4 is 17.6 Å². The van der Waals surface area contributed by atoms with Gasteiger partial charge in [0, 0.05) is 24.7 Å². The number of hydrogen-bond donors (Lipinski definition) is 2. The fourth-order valence-corrected chi connectivity index (χ4v) is 3.97. The summed E-state index contributed by atoms with van der Waals surface area (Å²) in [4.78, 5) is 27.6. The topological polar surface area (TPSA) is 117 Å². The van der Waals surface area contributed by atoms with Gasteiger partial charge in [0.05, 0.1) is 17.5 Å². The number of anilines is 1. The molecule has 2 N–H and O–H groups in total. The quantitative estimate of drug-likeness (QED) is 0.653. The highest BCUT2D eigenvalue weighted by molar-refractivity contribution is 5.95. The van der Waals surface area contributed by atoms with Crippen LogP contribution in [-0.2, 0) is 16.0 Å². The molecule has 1 saturated heterocycles. The lowest BCUT2D eigenvalue weighted by Gasteiger charge is -2.39. The van der Waals surface area contributed by atoms with Gasteiger partial charge in [0.25, 0.3) is 0 Å². The number of rotatable bonds is 5. The van der Waals surface area contributed by atoms with Gasteiger partial charge in [0.1, 0.15) is 11.4 Å². The summed E-state index contributed by atoms with van der Waals surface area (Å²) in [7, 11) is 0. The molecule has 0 bridgehead atoms. The molecule has 2 aromatic heterocycles. The van der Waals surface area contributed by atoms with E-state index in [-0.39, 0.29) is 18.2 Å². The third kappa shape index (κ3) is 4.35. The third-order valence-corrected chi connectivity index (χ3v) is 5.92. The third-order valence-electron chi connectivity index (χ3n) is 5.92. The lowest BCUT2D eigenvalue weighted by molar-refractivity contribution is -0.137. The van der Waals surface area contributed by atoms with E-state index >= 15 is 0 Å². The maximum atomic E-state index is 13.1. The summed E-state index contributed by atoms with van der Waals surface area (Å²) in [6, 6.07) is 9.81. The number of carbonyl (C=O) groups is 2. The van der Waals surface area contributed by atoms with Gasteiger partial charge < -0.3 is 10.2 Å². The van der Waals surface area contributed by atoms with Gasteiger partial charge in [-0.3, -0.25) is 14.7 Å². The second-order valence-corrected chi connectivity index (χ2v) is 8.39. The number of aromatic amines is 1. The molecule has 1 aliphatic heterocycles. The highest BCUT2D eigenvalue weighted by Gasteiger charge is 2.39. The molecule has 31 heavy (non-hydrogen) atoms. The molecule has 4 rings (SSSR count). The van der Waals surface area contributed by atoms with E-state index in [1.54, 1.807) is 11.8 Å². The number of piperidine rings is 1. The van der Waals surface area contributed by atoms with Crippen LogP contribution in [0.2, 0.25) is 0 Å². The summed E-state index contributed by atoms with van der Waals surface area (Å²) in [5, 5.41) is 17.7. The average Bonchev–Trinajstić information content (AvgIpc) is 3.37.